The maximum absolute atomic E-state index is 12.5. The van der Waals surface area contributed by atoms with E-state index in [1.165, 1.54) is 11.3 Å². The number of aliphatic hydroxyl groups is 1. The van der Waals surface area contributed by atoms with Crippen LogP contribution in [0.25, 0.3) is 10.2 Å². The van der Waals surface area contributed by atoms with Gasteiger partial charge in [-0.3, -0.25) is 4.79 Å². The van der Waals surface area contributed by atoms with Gasteiger partial charge in [0.1, 0.15) is 9.71 Å². The second-order valence-electron chi connectivity index (χ2n) is 6.00. The number of carbonyl (C=O) groups excluding carboxylic acids is 1. The average molecular weight is 308 g/mol. The fourth-order valence-corrected chi connectivity index (χ4v) is 3.06. The molecule has 2 aromatic rings. The fraction of sp³-hybridized carbons (Fsp3) is 0.500. The number of anilines is 1. The first kappa shape index (κ1) is 15.7. The SMILES string of the molecule is CC(C)(C)C(CCO)NC(=O)c1sc2nnccc2c1N. The quantitative estimate of drug-likeness (QED) is 0.799. The van der Waals surface area contributed by atoms with Crippen molar-refractivity contribution in [2.45, 2.75) is 33.2 Å². The summed E-state index contributed by atoms with van der Waals surface area (Å²) < 4.78 is 0. The second kappa shape index (κ2) is 5.95. The molecule has 0 saturated carbocycles. The summed E-state index contributed by atoms with van der Waals surface area (Å²) >= 11 is 1.23. The average Bonchev–Trinajstić information content (AvgIpc) is 2.75. The zero-order valence-electron chi connectivity index (χ0n) is 12.4. The van der Waals surface area contributed by atoms with Crippen LogP contribution in [-0.4, -0.2) is 33.9 Å². The van der Waals surface area contributed by atoms with Crippen molar-refractivity contribution in [2.24, 2.45) is 5.41 Å². The van der Waals surface area contributed by atoms with Gasteiger partial charge >= 0.3 is 0 Å². The van der Waals surface area contributed by atoms with Gasteiger partial charge in [0.05, 0.1) is 11.9 Å². The van der Waals surface area contributed by atoms with Crippen molar-refractivity contribution in [2.75, 3.05) is 12.3 Å². The molecular formula is C14H20N4O2S. The van der Waals surface area contributed by atoms with E-state index in [-0.39, 0.29) is 24.0 Å². The summed E-state index contributed by atoms with van der Waals surface area (Å²) in [5.41, 5.74) is 6.31. The summed E-state index contributed by atoms with van der Waals surface area (Å²) in [6, 6.07) is 1.62. The highest BCUT2D eigenvalue weighted by atomic mass is 32.1. The van der Waals surface area contributed by atoms with Crippen molar-refractivity contribution in [3.8, 4) is 0 Å². The third kappa shape index (κ3) is 3.30. The number of rotatable bonds is 4. The molecule has 21 heavy (non-hydrogen) atoms. The molecule has 0 aromatic carbocycles. The van der Waals surface area contributed by atoms with Gasteiger partial charge in [-0.1, -0.05) is 20.8 Å². The first-order valence-electron chi connectivity index (χ1n) is 6.76. The Morgan fingerprint density at radius 3 is 2.81 bits per heavy atom. The van der Waals surface area contributed by atoms with Crippen LogP contribution < -0.4 is 11.1 Å². The van der Waals surface area contributed by atoms with Crippen molar-refractivity contribution in [3.63, 3.8) is 0 Å². The lowest BCUT2D eigenvalue weighted by molar-refractivity contribution is 0.0890. The van der Waals surface area contributed by atoms with E-state index in [1.807, 2.05) is 20.8 Å². The fourth-order valence-electron chi connectivity index (χ4n) is 2.12. The highest BCUT2D eigenvalue weighted by Gasteiger charge is 2.27. The Labute approximate surface area is 127 Å². The molecule has 1 atom stereocenters. The van der Waals surface area contributed by atoms with Crippen molar-refractivity contribution in [1.82, 2.24) is 15.5 Å². The first-order chi connectivity index (χ1) is 9.84. The van der Waals surface area contributed by atoms with Crippen molar-refractivity contribution < 1.29 is 9.90 Å². The van der Waals surface area contributed by atoms with Crippen molar-refractivity contribution in [1.29, 1.82) is 0 Å². The van der Waals surface area contributed by atoms with Crippen LogP contribution in [0.15, 0.2) is 12.3 Å². The molecule has 0 saturated heterocycles. The molecule has 0 fully saturated rings. The normalized spacial score (nSPS) is 13.3. The summed E-state index contributed by atoms with van der Waals surface area (Å²) in [5.74, 6) is -0.233. The minimum Gasteiger partial charge on any atom is -0.397 e. The number of hydrogen-bond acceptors (Lipinski definition) is 6. The van der Waals surface area contributed by atoms with Crippen LogP contribution in [0.4, 0.5) is 5.69 Å². The topological polar surface area (TPSA) is 101 Å². The lowest BCUT2D eigenvalue weighted by Gasteiger charge is -2.31. The van der Waals surface area contributed by atoms with Crippen LogP contribution in [0, 0.1) is 5.41 Å². The van der Waals surface area contributed by atoms with E-state index in [9.17, 15) is 4.79 Å². The maximum Gasteiger partial charge on any atom is 0.263 e. The van der Waals surface area contributed by atoms with Gasteiger partial charge < -0.3 is 16.2 Å². The lowest BCUT2D eigenvalue weighted by atomic mass is 9.85. The number of aromatic nitrogens is 2. The first-order valence-corrected chi connectivity index (χ1v) is 7.57. The van der Waals surface area contributed by atoms with Crippen LogP contribution in [0.2, 0.25) is 0 Å². The standard InChI is InChI=1S/C14H20N4O2S/c1-14(2,3)9(5-7-19)17-12(20)11-10(15)8-4-6-16-18-13(8)21-11/h4,6,9,19H,5,7,15H2,1-3H3,(H,17,20). The maximum atomic E-state index is 12.5. The third-order valence-corrected chi connectivity index (χ3v) is 4.50. The molecule has 0 spiro atoms. The Hall–Kier alpha value is -1.73. The van der Waals surface area contributed by atoms with Gasteiger partial charge in [0.25, 0.3) is 5.91 Å². The van der Waals surface area contributed by atoms with Gasteiger partial charge in [-0.05, 0) is 17.9 Å². The zero-order valence-corrected chi connectivity index (χ0v) is 13.2. The molecule has 0 aliphatic heterocycles. The Balaban J connectivity index is 2.27. The van der Waals surface area contributed by atoms with Crippen LogP contribution >= 0.6 is 11.3 Å². The molecular weight excluding hydrogens is 288 g/mol. The molecule has 1 amide bonds. The Bertz CT molecular complexity index is 648. The summed E-state index contributed by atoms with van der Waals surface area (Å²) in [4.78, 5) is 13.5. The van der Waals surface area contributed by atoms with Gasteiger partial charge in [0.2, 0.25) is 0 Å². The van der Waals surface area contributed by atoms with Crippen molar-refractivity contribution in [3.05, 3.63) is 17.1 Å². The molecule has 4 N–H and O–H groups in total. The number of carbonyl (C=O) groups is 1. The van der Waals surface area contributed by atoms with E-state index in [4.69, 9.17) is 10.8 Å². The lowest BCUT2D eigenvalue weighted by Crippen LogP contribution is -2.44. The van der Waals surface area contributed by atoms with Crippen LogP contribution in [0.5, 0.6) is 0 Å². The Morgan fingerprint density at radius 1 is 1.52 bits per heavy atom. The molecule has 0 radical (unpaired) electrons. The third-order valence-electron chi connectivity index (χ3n) is 3.40. The second-order valence-corrected chi connectivity index (χ2v) is 7.00. The molecule has 2 rings (SSSR count). The van der Waals surface area contributed by atoms with Gasteiger partial charge in [0.15, 0.2) is 0 Å². The molecule has 6 nitrogen and oxygen atoms in total. The zero-order chi connectivity index (χ0) is 15.6. The number of aliphatic hydroxyl groups excluding tert-OH is 1. The molecule has 0 bridgehead atoms. The van der Waals surface area contributed by atoms with Crippen LogP contribution in [0.3, 0.4) is 0 Å². The molecule has 2 heterocycles. The Kier molecular flexibility index (Phi) is 4.43. The summed E-state index contributed by atoms with van der Waals surface area (Å²) in [5, 5.41) is 20.6. The van der Waals surface area contributed by atoms with E-state index in [0.717, 1.165) is 5.39 Å². The van der Waals surface area contributed by atoms with E-state index in [1.54, 1.807) is 12.3 Å². The minimum atomic E-state index is -0.233. The van der Waals surface area contributed by atoms with Gasteiger partial charge in [-0.25, -0.2) is 0 Å². The van der Waals surface area contributed by atoms with E-state index in [0.29, 0.717) is 21.8 Å². The number of fused-ring (bicyclic) bond motifs is 1. The van der Waals surface area contributed by atoms with Gasteiger partial charge in [-0.15, -0.1) is 16.4 Å². The number of nitrogens with zero attached hydrogens (tertiary/aromatic N) is 2. The summed E-state index contributed by atoms with van der Waals surface area (Å²) in [7, 11) is 0. The molecule has 0 aliphatic rings. The van der Waals surface area contributed by atoms with Crippen LogP contribution in [-0.2, 0) is 0 Å². The highest BCUT2D eigenvalue weighted by molar-refractivity contribution is 7.21. The minimum absolute atomic E-state index is 0.0234. The predicted octanol–water partition coefficient (Wildman–Crippen LogP) is 1.80. The predicted molar refractivity (Wildman–Crippen MR) is 84.2 cm³/mol. The van der Waals surface area contributed by atoms with E-state index < -0.39 is 0 Å². The van der Waals surface area contributed by atoms with E-state index >= 15 is 0 Å². The van der Waals surface area contributed by atoms with E-state index in [2.05, 4.69) is 15.5 Å². The smallest absolute Gasteiger partial charge is 0.263 e. The summed E-state index contributed by atoms with van der Waals surface area (Å²) in [6.45, 7) is 6.09. The van der Waals surface area contributed by atoms with Gasteiger partial charge in [0, 0.05) is 18.0 Å². The summed E-state index contributed by atoms with van der Waals surface area (Å²) in [6.07, 6.45) is 2.05. The number of nitrogens with two attached hydrogens (primary N) is 1. The van der Waals surface area contributed by atoms with Gasteiger partial charge in [-0.2, -0.15) is 5.10 Å². The molecule has 0 aliphatic carbocycles. The highest BCUT2D eigenvalue weighted by Crippen LogP contribution is 2.32. The molecule has 7 heteroatoms. The van der Waals surface area contributed by atoms with Crippen LogP contribution in [0.1, 0.15) is 36.9 Å². The molecule has 1 unspecified atom stereocenters. The Morgan fingerprint density at radius 2 is 2.24 bits per heavy atom. The molecule has 2 aromatic heterocycles. The van der Waals surface area contributed by atoms with Crippen molar-refractivity contribution >= 4 is 33.1 Å². The largest absolute Gasteiger partial charge is 0.397 e. The number of amides is 1. The number of nitrogen functional groups attached to an aromatic ring is 1. The molecule has 114 valence electrons. The number of hydrogen-bond donors (Lipinski definition) is 3. The monoisotopic (exact) mass is 308 g/mol. The number of nitrogens with one attached hydrogen (secondary N) is 1. The number of thiophene rings is 1.